The highest BCUT2D eigenvalue weighted by atomic mass is 32.2. The molecule has 1 fully saturated rings. The van der Waals surface area contributed by atoms with Crippen molar-refractivity contribution in [2.75, 3.05) is 11.5 Å². The molecule has 1 aliphatic rings. The quantitative estimate of drug-likeness (QED) is 0.759. The molecular formula is C14H13NOS. The van der Waals surface area contributed by atoms with Crippen molar-refractivity contribution >= 4 is 28.4 Å². The first kappa shape index (κ1) is 10.8. The predicted octanol–water partition coefficient (Wildman–Crippen LogP) is 3.17. The van der Waals surface area contributed by atoms with Crippen LogP contribution in [-0.2, 0) is 0 Å². The number of fused-ring (bicyclic) bond motifs is 1. The van der Waals surface area contributed by atoms with E-state index in [4.69, 9.17) is 0 Å². The van der Waals surface area contributed by atoms with Gasteiger partial charge in [-0.3, -0.25) is 9.78 Å². The van der Waals surface area contributed by atoms with Gasteiger partial charge in [0.2, 0.25) is 0 Å². The summed E-state index contributed by atoms with van der Waals surface area (Å²) in [6.07, 6.45) is 2.76. The number of pyridine rings is 1. The minimum Gasteiger partial charge on any atom is -0.294 e. The Balaban J connectivity index is 2.07. The van der Waals surface area contributed by atoms with Crippen LogP contribution in [0.4, 0.5) is 0 Å². The van der Waals surface area contributed by atoms with Crippen molar-refractivity contribution in [3.8, 4) is 0 Å². The van der Waals surface area contributed by atoms with E-state index in [0.29, 0.717) is 0 Å². The third kappa shape index (κ3) is 1.95. The zero-order valence-electron chi connectivity index (χ0n) is 9.43. The molecule has 1 aromatic carbocycles. The fraction of sp³-hybridized carbons (Fsp3) is 0.286. The molecule has 3 heteroatoms. The predicted molar refractivity (Wildman–Crippen MR) is 71.5 cm³/mol. The number of nitrogens with zero attached hydrogens (tertiary/aromatic N) is 1. The minimum atomic E-state index is 0.188. The average molecular weight is 243 g/mol. The fourth-order valence-corrected chi connectivity index (χ4v) is 3.48. The largest absolute Gasteiger partial charge is 0.294 e. The van der Waals surface area contributed by atoms with E-state index in [9.17, 15) is 4.79 Å². The lowest BCUT2D eigenvalue weighted by atomic mass is 9.95. The van der Waals surface area contributed by atoms with Crippen molar-refractivity contribution in [1.29, 1.82) is 0 Å². The third-order valence-electron chi connectivity index (χ3n) is 3.20. The average Bonchev–Trinajstić information content (AvgIpc) is 2.91. The van der Waals surface area contributed by atoms with Gasteiger partial charge in [0.15, 0.2) is 5.78 Å². The summed E-state index contributed by atoms with van der Waals surface area (Å²) in [5.41, 5.74) is 1.63. The number of carbonyl (C=O) groups is 1. The first-order valence-corrected chi connectivity index (χ1v) is 6.97. The molecular weight excluding hydrogens is 230 g/mol. The number of Topliss-reactive ketones (excluding diaryl/α,β-unsaturated/α-hetero) is 1. The van der Waals surface area contributed by atoms with Crippen molar-refractivity contribution in [2.24, 2.45) is 5.92 Å². The van der Waals surface area contributed by atoms with Crippen LogP contribution < -0.4 is 0 Å². The molecule has 0 saturated carbocycles. The van der Waals surface area contributed by atoms with Gasteiger partial charge in [-0.2, -0.15) is 11.8 Å². The summed E-state index contributed by atoms with van der Waals surface area (Å²) in [7, 11) is 0. The van der Waals surface area contributed by atoms with Crippen molar-refractivity contribution < 1.29 is 4.79 Å². The Labute approximate surface area is 104 Å². The Morgan fingerprint density at radius 2 is 2.18 bits per heavy atom. The second-order valence-corrected chi connectivity index (χ2v) is 5.46. The molecule has 1 atom stereocenters. The van der Waals surface area contributed by atoms with Crippen molar-refractivity contribution in [3.63, 3.8) is 0 Å². The molecule has 2 nitrogen and oxygen atoms in total. The van der Waals surface area contributed by atoms with Crippen LogP contribution in [0.3, 0.4) is 0 Å². The number of rotatable bonds is 2. The summed E-state index contributed by atoms with van der Waals surface area (Å²) in [5.74, 6) is 2.52. The number of thioether (sulfide) groups is 1. The van der Waals surface area contributed by atoms with Crippen LogP contribution in [0.15, 0.2) is 36.5 Å². The Bertz CT molecular complexity index is 556. The molecule has 3 rings (SSSR count). The molecule has 1 saturated heterocycles. The van der Waals surface area contributed by atoms with Gasteiger partial charge in [-0.1, -0.05) is 18.2 Å². The highest BCUT2D eigenvalue weighted by Crippen LogP contribution is 2.28. The molecule has 0 bridgehead atoms. The third-order valence-corrected chi connectivity index (χ3v) is 4.36. The summed E-state index contributed by atoms with van der Waals surface area (Å²) in [4.78, 5) is 16.8. The van der Waals surface area contributed by atoms with Gasteiger partial charge >= 0.3 is 0 Å². The summed E-state index contributed by atoms with van der Waals surface area (Å²) < 4.78 is 0. The highest BCUT2D eigenvalue weighted by molar-refractivity contribution is 7.99. The lowest BCUT2D eigenvalue weighted by Crippen LogP contribution is -2.14. The van der Waals surface area contributed by atoms with E-state index >= 15 is 0 Å². The van der Waals surface area contributed by atoms with Crippen LogP contribution in [0, 0.1) is 5.92 Å². The molecule has 0 spiro atoms. The number of carbonyl (C=O) groups excluding carboxylic acids is 1. The summed E-state index contributed by atoms with van der Waals surface area (Å²) >= 11 is 1.87. The maximum Gasteiger partial charge on any atom is 0.168 e. The lowest BCUT2D eigenvalue weighted by molar-refractivity contribution is 0.0935. The number of aromatic nitrogens is 1. The molecule has 0 radical (unpaired) electrons. The van der Waals surface area contributed by atoms with E-state index in [2.05, 4.69) is 4.98 Å². The molecule has 0 aliphatic carbocycles. The van der Waals surface area contributed by atoms with Crippen molar-refractivity contribution in [1.82, 2.24) is 4.98 Å². The SMILES string of the molecule is O=C(c1cccc2cccnc12)C1CCSC1. The van der Waals surface area contributed by atoms with E-state index in [0.717, 1.165) is 34.4 Å². The van der Waals surface area contributed by atoms with Gasteiger partial charge in [0.1, 0.15) is 0 Å². The van der Waals surface area contributed by atoms with Crippen LogP contribution in [0.25, 0.3) is 10.9 Å². The van der Waals surface area contributed by atoms with Gasteiger partial charge in [0.25, 0.3) is 0 Å². The smallest absolute Gasteiger partial charge is 0.168 e. The topological polar surface area (TPSA) is 30.0 Å². The van der Waals surface area contributed by atoms with E-state index in [1.807, 2.05) is 42.1 Å². The van der Waals surface area contributed by atoms with Gasteiger partial charge in [0, 0.05) is 28.8 Å². The second kappa shape index (κ2) is 4.49. The molecule has 1 unspecified atom stereocenters. The van der Waals surface area contributed by atoms with Gasteiger partial charge in [-0.05, 0) is 24.3 Å². The first-order valence-electron chi connectivity index (χ1n) is 5.82. The number of hydrogen-bond donors (Lipinski definition) is 0. The lowest BCUT2D eigenvalue weighted by Gasteiger charge is -2.09. The van der Waals surface area contributed by atoms with E-state index in [-0.39, 0.29) is 11.7 Å². The summed E-state index contributed by atoms with van der Waals surface area (Å²) in [6, 6.07) is 9.76. The molecule has 2 aromatic rings. The first-order chi connectivity index (χ1) is 8.36. The van der Waals surface area contributed by atoms with Crippen molar-refractivity contribution in [3.05, 3.63) is 42.1 Å². The van der Waals surface area contributed by atoms with Crippen molar-refractivity contribution in [2.45, 2.75) is 6.42 Å². The number of hydrogen-bond acceptors (Lipinski definition) is 3. The number of benzene rings is 1. The van der Waals surface area contributed by atoms with E-state index in [1.165, 1.54) is 0 Å². The molecule has 17 heavy (non-hydrogen) atoms. The van der Waals surface area contributed by atoms with E-state index in [1.54, 1.807) is 6.20 Å². The Kier molecular flexibility index (Phi) is 2.85. The highest BCUT2D eigenvalue weighted by Gasteiger charge is 2.25. The molecule has 1 aliphatic heterocycles. The Morgan fingerprint density at radius 1 is 1.29 bits per heavy atom. The monoisotopic (exact) mass is 243 g/mol. The summed E-state index contributed by atoms with van der Waals surface area (Å²) in [6.45, 7) is 0. The maximum absolute atomic E-state index is 12.4. The number of para-hydroxylation sites is 1. The number of ketones is 1. The van der Waals surface area contributed by atoms with Crippen LogP contribution in [0.5, 0.6) is 0 Å². The van der Waals surface area contributed by atoms with Crippen LogP contribution in [0.2, 0.25) is 0 Å². The second-order valence-electron chi connectivity index (χ2n) is 4.31. The molecule has 2 heterocycles. The van der Waals surface area contributed by atoms with Gasteiger partial charge < -0.3 is 0 Å². The van der Waals surface area contributed by atoms with Gasteiger partial charge in [-0.15, -0.1) is 0 Å². The Morgan fingerprint density at radius 3 is 3.00 bits per heavy atom. The molecule has 86 valence electrons. The normalized spacial score (nSPS) is 19.6. The zero-order valence-corrected chi connectivity index (χ0v) is 10.2. The van der Waals surface area contributed by atoms with Crippen LogP contribution >= 0.6 is 11.8 Å². The van der Waals surface area contributed by atoms with Crippen LogP contribution in [-0.4, -0.2) is 22.3 Å². The van der Waals surface area contributed by atoms with Gasteiger partial charge in [-0.25, -0.2) is 0 Å². The fourth-order valence-electron chi connectivity index (χ4n) is 2.26. The Hall–Kier alpha value is -1.35. The molecule has 0 amide bonds. The molecule has 1 aromatic heterocycles. The molecule has 0 N–H and O–H groups in total. The maximum atomic E-state index is 12.4. The minimum absolute atomic E-state index is 0.188. The van der Waals surface area contributed by atoms with E-state index < -0.39 is 0 Å². The van der Waals surface area contributed by atoms with Gasteiger partial charge in [0.05, 0.1) is 5.52 Å². The zero-order chi connectivity index (χ0) is 11.7. The van der Waals surface area contributed by atoms with Crippen LogP contribution in [0.1, 0.15) is 16.8 Å². The standard InChI is InChI=1S/C14H13NOS/c16-14(11-6-8-17-9-11)12-5-1-3-10-4-2-7-15-13(10)12/h1-5,7,11H,6,8-9H2. The summed E-state index contributed by atoms with van der Waals surface area (Å²) in [5, 5.41) is 1.05.